The fraction of sp³-hybridized carbons (Fsp3) is 0. The van der Waals surface area contributed by atoms with Gasteiger partial charge in [0.1, 0.15) is 17.5 Å². The van der Waals surface area contributed by atoms with Crippen molar-refractivity contribution in [1.29, 1.82) is 0 Å². The first-order valence-corrected chi connectivity index (χ1v) is 4.78. The quantitative estimate of drug-likeness (QED) is 0.701. The van der Waals surface area contributed by atoms with Crippen LogP contribution in [0.3, 0.4) is 0 Å². The van der Waals surface area contributed by atoms with Gasteiger partial charge in [-0.3, -0.25) is 0 Å². The van der Waals surface area contributed by atoms with E-state index in [9.17, 15) is 13.2 Å². The minimum Gasteiger partial charge on any atom is -0.207 e. The van der Waals surface area contributed by atoms with Crippen LogP contribution in [0.15, 0.2) is 30.3 Å². The number of benzene rings is 2. The molecule has 0 atom stereocenters. The first-order valence-electron chi connectivity index (χ1n) is 4.40. The van der Waals surface area contributed by atoms with Crippen LogP contribution in [-0.2, 0) is 0 Å². The molecule has 2 aromatic rings. The summed E-state index contributed by atoms with van der Waals surface area (Å²) in [6.07, 6.45) is 0. The smallest absolute Gasteiger partial charge is 0.131 e. The fourth-order valence-electron chi connectivity index (χ4n) is 1.36. The Kier molecular flexibility index (Phi) is 2.88. The topological polar surface area (TPSA) is 0 Å². The lowest BCUT2D eigenvalue weighted by atomic mass is 10.0. The molecule has 2 aromatic carbocycles. The van der Waals surface area contributed by atoms with Gasteiger partial charge in [0, 0.05) is 22.2 Å². The summed E-state index contributed by atoms with van der Waals surface area (Å²) in [6.45, 7) is 0. The molecule has 16 heavy (non-hydrogen) atoms. The zero-order valence-corrected chi connectivity index (χ0v) is 8.65. The van der Waals surface area contributed by atoms with E-state index in [1.165, 1.54) is 6.07 Å². The predicted molar refractivity (Wildman–Crippen MR) is 55.6 cm³/mol. The molecule has 0 saturated heterocycles. The highest BCUT2D eigenvalue weighted by Gasteiger charge is 2.11. The molecule has 0 bridgehead atoms. The van der Waals surface area contributed by atoms with Crippen LogP contribution in [0.1, 0.15) is 0 Å². The summed E-state index contributed by atoms with van der Waals surface area (Å²) in [4.78, 5) is 0. The van der Waals surface area contributed by atoms with Crippen molar-refractivity contribution in [3.63, 3.8) is 0 Å². The van der Waals surface area contributed by atoms with Crippen LogP contribution in [0.4, 0.5) is 13.2 Å². The van der Waals surface area contributed by atoms with Gasteiger partial charge in [-0.2, -0.15) is 0 Å². The van der Waals surface area contributed by atoms with E-state index in [0.717, 1.165) is 24.3 Å². The highest BCUT2D eigenvalue weighted by Crippen LogP contribution is 2.28. The number of hydrogen-bond donors (Lipinski definition) is 0. The number of hydrogen-bond acceptors (Lipinski definition) is 0. The zero-order chi connectivity index (χ0) is 11.7. The van der Waals surface area contributed by atoms with Crippen molar-refractivity contribution in [3.05, 3.63) is 58.9 Å². The monoisotopic (exact) mass is 241 g/mol. The van der Waals surface area contributed by atoms with Gasteiger partial charge in [0.2, 0.25) is 0 Å². The van der Waals surface area contributed by atoms with E-state index >= 15 is 0 Å². The van der Waals surface area contributed by atoms with Gasteiger partial charge in [0.25, 0.3) is 0 Å². The maximum absolute atomic E-state index is 13.4. The maximum atomic E-state index is 13.4. The van der Waals surface area contributed by atoms with Gasteiger partial charge in [-0.1, -0.05) is 11.6 Å². The van der Waals surface area contributed by atoms with Gasteiger partial charge >= 0.3 is 0 Å². The summed E-state index contributed by atoms with van der Waals surface area (Å²) in [5, 5.41) is 0.139. The summed E-state index contributed by atoms with van der Waals surface area (Å²) in [5.74, 6) is -2.05. The van der Waals surface area contributed by atoms with Crippen molar-refractivity contribution in [1.82, 2.24) is 0 Å². The molecule has 2 rings (SSSR count). The van der Waals surface area contributed by atoms with Gasteiger partial charge in [-0.15, -0.1) is 0 Å². The third-order valence-corrected chi connectivity index (χ3v) is 2.30. The van der Waals surface area contributed by atoms with E-state index in [1.807, 2.05) is 0 Å². The number of rotatable bonds is 1. The van der Waals surface area contributed by atoms with E-state index in [0.29, 0.717) is 0 Å². The molecule has 0 aliphatic heterocycles. The zero-order valence-electron chi connectivity index (χ0n) is 7.90. The normalized spacial score (nSPS) is 10.5. The molecule has 0 aliphatic rings. The Balaban J connectivity index is 2.66. The van der Waals surface area contributed by atoms with E-state index in [1.54, 1.807) is 0 Å². The Morgan fingerprint density at radius 3 is 2.38 bits per heavy atom. The van der Waals surface area contributed by atoms with Gasteiger partial charge in [0.05, 0.1) is 0 Å². The van der Waals surface area contributed by atoms with Crippen LogP contribution in [0.25, 0.3) is 11.1 Å². The molecule has 1 radical (unpaired) electrons. The fourth-order valence-corrected chi connectivity index (χ4v) is 1.52. The van der Waals surface area contributed by atoms with Gasteiger partial charge < -0.3 is 0 Å². The van der Waals surface area contributed by atoms with Crippen molar-refractivity contribution < 1.29 is 13.2 Å². The molecule has 0 saturated carbocycles. The molecule has 4 heteroatoms. The first kappa shape index (κ1) is 11.0. The highest BCUT2D eigenvalue weighted by atomic mass is 35.5. The van der Waals surface area contributed by atoms with Crippen molar-refractivity contribution in [2.24, 2.45) is 0 Å². The molecular weight excluding hydrogens is 237 g/mol. The average molecular weight is 242 g/mol. The molecule has 81 valence electrons. The summed E-state index contributed by atoms with van der Waals surface area (Å²) in [7, 11) is 0. The summed E-state index contributed by atoms with van der Waals surface area (Å²) in [5.41, 5.74) is -0.242. The summed E-state index contributed by atoms with van der Waals surface area (Å²) in [6, 6.07) is 7.43. The van der Waals surface area contributed by atoms with E-state index in [2.05, 4.69) is 6.07 Å². The molecule has 0 amide bonds. The standard InChI is InChI=1S/C12H5ClF3/c13-7-1-3-11(15)9(5-7)10-6-8(14)2-4-12(10)16/h2-6H. The largest absolute Gasteiger partial charge is 0.207 e. The van der Waals surface area contributed by atoms with Crippen LogP contribution >= 0.6 is 11.6 Å². The number of halogens is 4. The molecule has 0 unspecified atom stereocenters. The molecule has 0 N–H and O–H groups in total. The predicted octanol–water partition coefficient (Wildman–Crippen LogP) is 4.22. The second-order valence-electron chi connectivity index (χ2n) is 3.17. The minimum atomic E-state index is -0.706. The average Bonchev–Trinajstić information content (AvgIpc) is 2.25. The third kappa shape index (κ3) is 2.04. The van der Waals surface area contributed by atoms with Crippen molar-refractivity contribution >= 4 is 11.6 Å². The minimum absolute atomic E-state index is 0.0826. The Bertz CT molecular complexity index is 488. The molecule has 0 heterocycles. The molecule has 0 spiro atoms. The Morgan fingerprint density at radius 1 is 0.938 bits per heavy atom. The van der Waals surface area contributed by atoms with E-state index in [-0.39, 0.29) is 16.1 Å². The van der Waals surface area contributed by atoms with Gasteiger partial charge in [-0.25, -0.2) is 13.2 Å². The van der Waals surface area contributed by atoms with Gasteiger partial charge in [0.15, 0.2) is 0 Å². The van der Waals surface area contributed by atoms with Crippen LogP contribution in [0.5, 0.6) is 0 Å². The first-order chi connectivity index (χ1) is 7.58. The van der Waals surface area contributed by atoms with Gasteiger partial charge in [-0.05, 0) is 30.3 Å². The molecule has 0 fully saturated rings. The van der Waals surface area contributed by atoms with Crippen LogP contribution < -0.4 is 0 Å². The maximum Gasteiger partial charge on any atom is 0.131 e. The SMILES string of the molecule is Fc1ccc(F)c(-c2cc(Cl)[c]cc2F)c1. The van der Waals surface area contributed by atoms with E-state index < -0.39 is 17.5 Å². The summed E-state index contributed by atoms with van der Waals surface area (Å²) < 4.78 is 39.7. The second-order valence-corrected chi connectivity index (χ2v) is 3.57. The molecule has 0 nitrogen and oxygen atoms in total. The highest BCUT2D eigenvalue weighted by molar-refractivity contribution is 6.30. The lowest BCUT2D eigenvalue weighted by Crippen LogP contribution is -1.90. The lowest BCUT2D eigenvalue weighted by molar-refractivity contribution is 0.598. The lowest BCUT2D eigenvalue weighted by Gasteiger charge is -2.05. The molecular formula is C12H5ClF3. The second kappa shape index (κ2) is 4.18. The summed E-state index contributed by atoms with van der Waals surface area (Å²) >= 11 is 5.62. The Morgan fingerprint density at radius 2 is 1.62 bits per heavy atom. The van der Waals surface area contributed by atoms with Crippen molar-refractivity contribution in [2.75, 3.05) is 0 Å². The molecule has 0 aromatic heterocycles. The van der Waals surface area contributed by atoms with Crippen LogP contribution in [-0.4, -0.2) is 0 Å². The van der Waals surface area contributed by atoms with Crippen molar-refractivity contribution in [3.8, 4) is 11.1 Å². The molecule has 0 aliphatic carbocycles. The van der Waals surface area contributed by atoms with Crippen molar-refractivity contribution in [2.45, 2.75) is 0 Å². The van der Waals surface area contributed by atoms with Crippen LogP contribution in [0.2, 0.25) is 5.02 Å². The van der Waals surface area contributed by atoms with E-state index in [4.69, 9.17) is 11.6 Å². The van der Waals surface area contributed by atoms with Crippen LogP contribution in [0, 0.1) is 23.5 Å². The Hall–Kier alpha value is -1.48. The Labute approximate surface area is 95.3 Å². The third-order valence-electron chi connectivity index (χ3n) is 2.08.